The zero-order valence-corrected chi connectivity index (χ0v) is 8.47. The minimum absolute atomic E-state index is 0. The van der Waals surface area contributed by atoms with E-state index in [0.29, 0.717) is 0 Å². The summed E-state index contributed by atoms with van der Waals surface area (Å²) in [6, 6.07) is 0. The van der Waals surface area contributed by atoms with Gasteiger partial charge in [0.1, 0.15) is 0 Å². The van der Waals surface area contributed by atoms with Crippen LogP contribution in [0.25, 0.3) is 0 Å². The van der Waals surface area contributed by atoms with Crippen molar-refractivity contribution in [3.63, 3.8) is 0 Å². The van der Waals surface area contributed by atoms with Gasteiger partial charge in [0.15, 0.2) is 0 Å². The van der Waals surface area contributed by atoms with Gasteiger partial charge in [-0.05, 0) is 0 Å². The fraction of sp³-hybridized carbons (Fsp3) is 0. The van der Waals surface area contributed by atoms with Crippen molar-refractivity contribution in [2.45, 2.75) is 0 Å². The Kier molecular flexibility index (Phi) is 347. The molecule has 0 aromatic heterocycles. The van der Waals surface area contributed by atoms with Crippen LogP contribution in [-0.4, -0.2) is 25.9 Å². The summed E-state index contributed by atoms with van der Waals surface area (Å²) in [5.74, 6) is 0. The van der Waals surface area contributed by atoms with Crippen molar-refractivity contribution in [3.8, 4) is 0 Å². The second-order valence-electron chi connectivity index (χ2n) is 0.385. The van der Waals surface area contributed by atoms with Crippen molar-refractivity contribution < 1.29 is 59.4 Å². The Morgan fingerprint density at radius 1 is 0.538 bits per heavy atom. The van der Waals surface area contributed by atoms with E-state index >= 15 is 0 Å². The second kappa shape index (κ2) is 150. The predicted octanol–water partition coefficient (Wildman–Crippen LogP) is -6.54. The molecule has 0 heterocycles. The summed E-state index contributed by atoms with van der Waals surface area (Å²) in [7, 11) is 0. The Morgan fingerprint density at radius 3 is 0.538 bits per heavy atom. The van der Waals surface area contributed by atoms with Crippen LogP contribution in [0, 0.1) is 0 Å². The molecular weight excluding hydrogens is 366 g/mol. The first-order valence-electron chi connectivity index (χ1n) is 1.89. The standard InChI is InChI=1S/4CH2O2.Os/c4*2-1-3;/h4*1H,(H,2,3);/q;;;;+4/p-4. The third-order valence-corrected chi connectivity index (χ3v) is 0. The number of hydrogen-bond donors (Lipinski definition) is 0. The molecule has 13 heavy (non-hydrogen) atoms. The maximum atomic E-state index is 8.25. The molecule has 8 nitrogen and oxygen atoms in total. The Morgan fingerprint density at radius 2 is 0.538 bits per heavy atom. The molecule has 0 radical (unpaired) electrons. The van der Waals surface area contributed by atoms with Crippen molar-refractivity contribution in [2.75, 3.05) is 0 Å². The number of rotatable bonds is 0. The van der Waals surface area contributed by atoms with E-state index in [1.807, 2.05) is 0 Å². The molecule has 0 N–H and O–H groups in total. The first kappa shape index (κ1) is 30.0. The normalized spacial score (nSPS) is 3.69. The molecule has 0 atom stereocenters. The summed E-state index contributed by atoms with van der Waals surface area (Å²) in [5.41, 5.74) is 0. The van der Waals surface area contributed by atoms with Gasteiger partial charge in [-0.1, -0.05) is 0 Å². The van der Waals surface area contributed by atoms with Crippen molar-refractivity contribution in [1.82, 2.24) is 0 Å². The molecule has 0 aliphatic rings. The molecule has 0 rings (SSSR count). The molecule has 0 bridgehead atoms. The maximum Gasteiger partial charge on any atom is 4.00 e. The van der Waals surface area contributed by atoms with Crippen molar-refractivity contribution in [1.29, 1.82) is 0 Å². The molecule has 0 aliphatic heterocycles. The minimum Gasteiger partial charge on any atom is -0.554 e. The quantitative estimate of drug-likeness (QED) is 0.380. The van der Waals surface area contributed by atoms with E-state index in [0.717, 1.165) is 0 Å². The van der Waals surface area contributed by atoms with Gasteiger partial charge < -0.3 is 39.6 Å². The van der Waals surface area contributed by atoms with Crippen molar-refractivity contribution >= 4 is 25.9 Å². The fourth-order valence-electron chi connectivity index (χ4n) is 0. The van der Waals surface area contributed by atoms with Gasteiger partial charge in [0.05, 0.1) is 0 Å². The molecule has 0 saturated heterocycles. The number of carboxylic acid groups (broad SMARTS) is 4. The monoisotopic (exact) mass is 372 g/mol. The first-order valence-corrected chi connectivity index (χ1v) is 1.89. The Bertz CT molecular complexity index is 70.1. The van der Waals surface area contributed by atoms with Gasteiger partial charge in [-0.15, -0.1) is 0 Å². The molecule has 0 unspecified atom stereocenters. The third kappa shape index (κ3) is 347. The van der Waals surface area contributed by atoms with Crippen LogP contribution >= 0.6 is 0 Å². The average molecular weight is 370 g/mol. The predicted molar refractivity (Wildman–Crippen MR) is 24.3 cm³/mol. The summed E-state index contributed by atoms with van der Waals surface area (Å²) in [4.78, 5) is 33.0. The summed E-state index contributed by atoms with van der Waals surface area (Å²) in [6.07, 6.45) is 0. The maximum absolute atomic E-state index is 8.25. The number of hydrogen-bond acceptors (Lipinski definition) is 8. The molecule has 0 aromatic carbocycles. The molecular formula is C4H4O8Os. The molecule has 0 amide bonds. The molecule has 0 fully saturated rings. The van der Waals surface area contributed by atoms with Gasteiger partial charge in [-0.3, -0.25) is 0 Å². The van der Waals surface area contributed by atoms with E-state index < -0.39 is 25.9 Å². The molecule has 0 aliphatic carbocycles. The Balaban J connectivity index is -0.0000000213. The van der Waals surface area contributed by atoms with E-state index in [4.69, 9.17) is 39.6 Å². The molecule has 0 aromatic rings. The topological polar surface area (TPSA) is 161 Å². The van der Waals surface area contributed by atoms with Crippen LogP contribution in [0.15, 0.2) is 0 Å². The average Bonchev–Trinajstić information content (AvgIpc) is 1.92. The van der Waals surface area contributed by atoms with E-state index in [1.54, 1.807) is 0 Å². The van der Waals surface area contributed by atoms with Gasteiger partial charge in [0.2, 0.25) is 0 Å². The van der Waals surface area contributed by atoms with E-state index in [2.05, 4.69) is 0 Å². The number of carbonyl (C=O) groups is 4. The second-order valence-corrected chi connectivity index (χ2v) is 0.385. The summed E-state index contributed by atoms with van der Waals surface area (Å²) in [5, 5.41) is 33.0. The summed E-state index contributed by atoms with van der Waals surface area (Å²) in [6.45, 7) is -2.00. The van der Waals surface area contributed by atoms with Crippen LogP contribution in [0.3, 0.4) is 0 Å². The largest absolute Gasteiger partial charge is 4.00 e. The van der Waals surface area contributed by atoms with E-state index in [9.17, 15) is 0 Å². The van der Waals surface area contributed by atoms with Gasteiger partial charge in [0, 0.05) is 25.9 Å². The molecule has 76 valence electrons. The Labute approximate surface area is 85.9 Å². The number of carbonyl (C=O) groups excluding carboxylic acids is 4. The Hall–Kier alpha value is -1.48. The van der Waals surface area contributed by atoms with Crippen LogP contribution in [0.4, 0.5) is 0 Å². The van der Waals surface area contributed by atoms with Gasteiger partial charge in [-0.2, -0.15) is 0 Å². The molecule has 9 heteroatoms. The summed E-state index contributed by atoms with van der Waals surface area (Å²) >= 11 is 0. The van der Waals surface area contributed by atoms with E-state index in [-0.39, 0.29) is 19.8 Å². The smallest absolute Gasteiger partial charge is 0.554 e. The van der Waals surface area contributed by atoms with Gasteiger partial charge in [0.25, 0.3) is 0 Å². The van der Waals surface area contributed by atoms with Crippen LogP contribution in [0.2, 0.25) is 0 Å². The van der Waals surface area contributed by atoms with Crippen molar-refractivity contribution in [3.05, 3.63) is 0 Å². The van der Waals surface area contributed by atoms with E-state index in [1.165, 1.54) is 0 Å². The third-order valence-electron chi connectivity index (χ3n) is 0. The molecule has 0 spiro atoms. The SMILES string of the molecule is O=C[O-].O=C[O-].O=C[O-].O=C[O-].[Os+4]. The van der Waals surface area contributed by atoms with Crippen LogP contribution in [-0.2, 0) is 39.0 Å². The van der Waals surface area contributed by atoms with Crippen LogP contribution in [0.5, 0.6) is 0 Å². The summed E-state index contributed by atoms with van der Waals surface area (Å²) < 4.78 is 0. The minimum atomic E-state index is -0.500. The van der Waals surface area contributed by atoms with Crippen LogP contribution < -0.4 is 20.4 Å². The fourth-order valence-corrected chi connectivity index (χ4v) is 0. The molecule has 0 saturated carbocycles. The van der Waals surface area contributed by atoms with Gasteiger partial charge in [-0.25, -0.2) is 0 Å². The zero-order valence-electron chi connectivity index (χ0n) is 5.93. The van der Waals surface area contributed by atoms with Crippen LogP contribution in [0.1, 0.15) is 0 Å². The zero-order chi connectivity index (χ0) is 10.8. The first-order chi connectivity index (χ1) is 5.66. The van der Waals surface area contributed by atoms with Crippen molar-refractivity contribution in [2.24, 2.45) is 0 Å². The van der Waals surface area contributed by atoms with Gasteiger partial charge >= 0.3 is 19.8 Å².